The predicted octanol–water partition coefficient (Wildman–Crippen LogP) is 4.56. The quantitative estimate of drug-likeness (QED) is 0.665. The van der Waals surface area contributed by atoms with Crippen molar-refractivity contribution in [1.82, 2.24) is 0 Å². The van der Waals surface area contributed by atoms with E-state index >= 15 is 0 Å². The van der Waals surface area contributed by atoms with Crippen molar-refractivity contribution in [1.29, 1.82) is 0 Å². The molecule has 1 heterocycles. The molecule has 0 aliphatic rings. The monoisotopic (exact) mass is 314 g/mol. The molecule has 0 aliphatic heterocycles. The zero-order chi connectivity index (χ0) is 15.9. The van der Waals surface area contributed by atoms with Gasteiger partial charge in [0.05, 0.1) is 24.3 Å². The van der Waals surface area contributed by atoms with E-state index in [0.29, 0.717) is 22.8 Å². The van der Waals surface area contributed by atoms with Gasteiger partial charge in [0.15, 0.2) is 5.43 Å². The Hall–Kier alpha value is -2.07. The van der Waals surface area contributed by atoms with Crippen LogP contribution in [0.5, 0.6) is 11.5 Å². The third-order valence-electron chi connectivity index (χ3n) is 3.88. The molecule has 0 fully saturated rings. The van der Waals surface area contributed by atoms with Crippen LogP contribution in [-0.4, -0.2) is 14.2 Å². The van der Waals surface area contributed by atoms with Gasteiger partial charge in [-0.2, -0.15) is 0 Å². The predicted molar refractivity (Wildman–Crippen MR) is 92.8 cm³/mol. The number of ether oxygens (including phenoxy) is 2. The van der Waals surface area contributed by atoms with E-state index in [0.717, 1.165) is 20.3 Å². The summed E-state index contributed by atoms with van der Waals surface area (Å²) in [6, 6.07) is 9.73. The zero-order valence-corrected chi connectivity index (χ0v) is 13.9. The number of benzene rings is 2. The van der Waals surface area contributed by atoms with Crippen LogP contribution < -0.4 is 14.9 Å². The average molecular weight is 314 g/mol. The Labute approximate surface area is 133 Å². The number of fused-ring (bicyclic) bond motifs is 2. The highest BCUT2D eigenvalue weighted by molar-refractivity contribution is 7.25. The molecule has 1 aromatic heterocycles. The maximum absolute atomic E-state index is 13.0. The second-order valence-electron chi connectivity index (χ2n) is 5.52. The fraction of sp³-hybridized carbons (Fsp3) is 0.278. The second kappa shape index (κ2) is 5.61. The summed E-state index contributed by atoms with van der Waals surface area (Å²) in [6.07, 6.45) is 0. The van der Waals surface area contributed by atoms with Crippen LogP contribution in [0.3, 0.4) is 0 Å². The lowest BCUT2D eigenvalue weighted by Gasteiger charge is -2.11. The lowest BCUT2D eigenvalue weighted by molar-refractivity contribution is 0.411. The van der Waals surface area contributed by atoms with Crippen molar-refractivity contribution >= 4 is 31.5 Å². The first-order valence-electron chi connectivity index (χ1n) is 7.18. The average Bonchev–Trinajstić information content (AvgIpc) is 2.53. The fourth-order valence-electron chi connectivity index (χ4n) is 2.61. The number of hydrogen-bond acceptors (Lipinski definition) is 4. The van der Waals surface area contributed by atoms with Gasteiger partial charge in [-0.15, -0.1) is 11.3 Å². The van der Waals surface area contributed by atoms with Gasteiger partial charge in [-0.1, -0.05) is 19.9 Å². The molecule has 3 rings (SSSR count). The molecule has 0 saturated carbocycles. The van der Waals surface area contributed by atoms with Crippen molar-refractivity contribution in [3.05, 3.63) is 46.1 Å². The molecule has 0 N–H and O–H groups in total. The highest BCUT2D eigenvalue weighted by Crippen LogP contribution is 2.37. The van der Waals surface area contributed by atoms with Crippen LogP contribution in [0.4, 0.5) is 0 Å². The third kappa shape index (κ3) is 2.24. The van der Waals surface area contributed by atoms with Gasteiger partial charge in [0, 0.05) is 10.1 Å². The van der Waals surface area contributed by atoms with Crippen LogP contribution in [0, 0.1) is 0 Å². The van der Waals surface area contributed by atoms with E-state index in [9.17, 15) is 4.79 Å². The van der Waals surface area contributed by atoms with Gasteiger partial charge in [-0.3, -0.25) is 4.79 Å². The lowest BCUT2D eigenvalue weighted by Crippen LogP contribution is -2.04. The molecule has 0 saturated heterocycles. The molecule has 3 nitrogen and oxygen atoms in total. The zero-order valence-electron chi connectivity index (χ0n) is 13.1. The summed E-state index contributed by atoms with van der Waals surface area (Å²) in [4.78, 5) is 13.0. The summed E-state index contributed by atoms with van der Waals surface area (Å²) in [7, 11) is 3.20. The molecule has 0 amide bonds. The largest absolute Gasteiger partial charge is 0.496 e. The number of hydrogen-bond donors (Lipinski definition) is 0. The van der Waals surface area contributed by atoms with Crippen LogP contribution in [0.2, 0.25) is 0 Å². The highest BCUT2D eigenvalue weighted by atomic mass is 32.1. The minimum absolute atomic E-state index is 0.00185. The van der Waals surface area contributed by atoms with E-state index in [1.807, 2.05) is 18.2 Å². The van der Waals surface area contributed by atoms with Crippen molar-refractivity contribution < 1.29 is 9.47 Å². The molecule has 22 heavy (non-hydrogen) atoms. The summed E-state index contributed by atoms with van der Waals surface area (Å²) in [5.41, 5.74) is 1.17. The van der Waals surface area contributed by atoms with Gasteiger partial charge in [0.25, 0.3) is 0 Å². The standard InChI is InChI=1S/C18H18O3S/c1-10(2)11-5-8-15-12(9-11)17(19)16-13(20-3)6-7-14(21-4)18(16)22-15/h5-10H,1-4H3. The van der Waals surface area contributed by atoms with Crippen LogP contribution in [0.1, 0.15) is 25.3 Å². The van der Waals surface area contributed by atoms with Crippen molar-refractivity contribution in [2.75, 3.05) is 14.2 Å². The Morgan fingerprint density at radius 2 is 1.68 bits per heavy atom. The SMILES string of the molecule is COc1ccc(OC)c2c(=O)c3cc(C(C)C)ccc3sc12. The van der Waals surface area contributed by atoms with E-state index in [1.54, 1.807) is 31.6 Å². The first kappa shape index (κ1) is 14.9. The van der Waals surface area contributed by atoms with Crippen molar-refractivity contribution in [2.24, 2.45) is 0 Å². The van der Waals surface area contributed by atoms with Crippen molar-refractivity contribution in [3.63, 3.8) is 0 Å². The molecule has 0 bridgehead atoms. The van der Waals surface area contributed by atoms with E-state index in [2.05, 4.69) is 19.9 Å². The van der Waals surface area contributed by atoms with Crippen LogP contribution >= 0.6 is 11.3 Å². The summed E-state index contributed by atoms with van der Waals surface area (Å²) in [5, 5.41) is 1.34. The summed E-state index contributed by atoms with van der Waals surface area (Å²) >= 11 is 1.56. The number of rotatable bonds is 3. The molecular weight excluding hydrogens is 296 g/mol. The second-order valence-corrected chi connectivity index (χ2v) is 6.57. The van der Waals surface area contributed by atoms with Crippen LogP contribution in [0.15, 0.2) is 35.1 Å². The van der Waals surface area contributed by atoms with E-state index in [-0.39, 0.29) is 5.43 Å². The lowest BCUT2D eigenvalue weighted by atomic mass is 10.0. The van der Waals surface area contributed by atoms with Gasteiger partial charge >= 0.3 is 0 Å². The van der Waals surface area contributed by atoms with Gasteiger partial charge < -0.3 is 9.47 Å². The third-order valence-corrected chi connectivity index (χ3v) is 5.06. The topological polar surface area (TPSA) is 35.5 Å². The molecule has 114 valence electrons. The summed E-state index contributed by atoms with van der Waals surface area (Å²) < 4.78 is 12.6. The number of methoxy groups -OCH3 is 2. The molecule has 3 aromatic rings. The first-order valence-corrected chi connectivity index (χ1v) is 8.00. The summed E-state index contributed by atoms with van der Waals surface area (Å²) in [6.45, 7) is 4.25. The van der Waals surface area contributed by atoms with E-state index in [1.165, 1.54) is 0 Å². The highest BCUT2D eigenvalue weighted by Gasteiger charge is 2.15. The molecule has 0 unspecified atom stereocenters. The molecule has 0 spiro atoms. The maximum Gasteiger partial charge on any atom is 0.199 e. The van der Waals surface area contributed by atoms with Gasteiger partial charge in [0.2, 0.25) is 0 Å². The summed E-state index contributed by atoms with van der Waals surface area (Å²) in [5.74, 6) is 1.68. The van der Waals surface area contributed by atoms with Crippen LogP contribution in [-0.2, 0) is 0 Å². The normalized spacial score (nSPS) is 11.3. The van der Waals surface area contributed by atoms with Gasteiger partial charge in [-0.05, 0) is 35.7 Å². The molecule has 0 atom stereocenters. The van der Waals surface area contributed by atoms with E-state index in [4.69, 9.17) is 9.47 Å². The Bertz CT molecular complexity index is 909. The van der Waals surface area contributed by atoms with Gasteiger partial charge in [-0.25, -0.2) is 0 Å². The minimum Gasteiger partial charge on any atom is -0.496 e. The maximum atomic E-state index is 13.0. The Balaban J connectivity index is 2.49. The molecular formula is C18H18O3S. The smallest absolute Gasteiger partial charge is 0.199 e. The van der Waals surface area contributed by atoms with Crippen molar-refractivity contribution in [2.45, 2.75) is 19.8 Å². The Morgan fingerprint density at radius 1 is 1.00 bits per heavy atom. The van der Waals surface area contributed by atoms with Crippen molar-refractivity contribution in [3.8, 4) is 11.5 Å². The van der Waals surface area contributed by atoms with Gasteiger partial charge in [0.1, 0.15) is 11.5 Å². The molecule has 4 heteroatoms. The van der Waals surface area contributed by atoms with Crippen LogP contribution in [0.25, 0.3) is 20.2 Å². The Morgan fingerprint density at radius 3 is 2.32 bits per heavy atom. The fourth-order valence-corrected chi connectivity index (χ4v) is 3.78. The molecule has 0 aliphatic carbocycles. The molecule has 2 aromatic carbocycles. The minimum atomic E-state index is 0.00185. The molecule has 0 radical (unpaired) electrons. The Kier molecular flexibility index (Phi) is 3.79. The van der Waals surface area contributed by atoms with E-state index < -0.39 is 0 Å². The first-order chi connectivity index (χ1) is 10.6.